The Labute approximate surface area is 382 Å². The van der Waals surface area contributed by atoms with Crippen molar-refractivity contribution < 1.29 is 25.9 Å². The molecule has 0 saturated carbocycles. The minimum Gasteiger partial charge on any atom is -0.442 e. The van der Waals surface area contributed by atoms with Crippen LogP contribution in [0.3, 0.4) is 0 Å². The molecule has 324 valence electrons. The largest absolute Gasteiger partial charge is 0.442 e. The highest BCUT2D eigenvalue weighted by Crippen LogP contribution is 1.89. The molecule has 6 rings (SSSR count). The number of hydrogen-bond acceptors (Lipinski definition) is 24. The zero-order valence-corrected chi connectivity index (χ0v) is 70.1. The molecule has 0 amide bonds. The summed E-state index contributed by atoms with van der Waals surface area (Å²) in [6, 6.07) is 0. The maximum atomic E-state index is 5.62. The van der Waals surface area contributed by atoms with Crippen molar-refractivity contribution in [1.82, 2.24) is 82.5 Å². The summed E-state index contributed by atoms with van der Waals surface area (Å²) < 4.78 is 67.9. The van der Waals surface area contributed by atoms with E-state index in [4.69, 9.17) is 25.9 Å². The zero-order valence-electron chi connectivity index (χ0n) is 34.1. The summed E-state index contributed by atoms with van der Waals surface area (Å²) in [5, 5.41) is 0. The SMILES string of the molecule is C1N[SiH2]N[SiH2]N[SiH2]N1.C1N[SiH2]O[SiH2]N[SiH2]O1.[SiH3]N1CN[SiH2]N([SiH3])[SiH2]N[SiH2]1.[SiH3]N1CN[SiH2]N[SiH2]N[SiH2]1.[SiH3]N1COCN([SiH3])[SiH2]O[SiH2]1.[SiH3]N1[SiH2]OCN[SiH2]O[SiH2]1. The third-order valence-electron chi connectivity index (χ3n) is 6.89. The van der Waals surface area contributed by atoms with Crippen LogP contribution in [0.15, 0.2) is 0 Å². The number of nitrogens with zero attached hydrogens (tertiary/aromatic N) is 6. The molecule has 6 heterocycles. The molecule has 47 heteroatoms. The van der Waals surface area contributed by atoms with Crippen molar-refractivity contribution in [3.05, 3.63) is 0 Å². The van der Waals surface area contributed by atoms with Crippen LogP contribution in [-0.2, 0) is 25.9 Å². The maximum absolute atomic E-state index is 5.62. The van der Waals surface area contributed by atoms with Crippen LogP contribution in [0, 0.1) is 0 Å². The predicted octanol–water partition coefficient (Wildman–Crippen LogP) is -30.6. The molecule has 0 aromatic heterocycles. The highest BCUT2D eigenvalue weighted by Gasteiger charge is 2.07. The van der Waals surface area contributed by atoms with Crippen molar-refractivity contribution in [2.24, 2.45) is 0 Å². The summed E-state index contributed by atoms with van der Waals surface area (Å²) >= 11 is 0. The van der Waals surface area contributed by atoms with Gasteiger partial charge in [0.1, 0.15) is 0 Å². The highest BCUT2D eigenvalue weighted by molar-refractivity contribution is 6.63. The third kappa shape index (κ3) is 41.4. The molecule has 0 atom stereocenters. The van der Waals surface area contributed by atoms with Crippen LogP contribution < -0.4 is 57.8 Å². The molecular weight excluding hydrogens is 1080 g/mol. The first-order valence-electron chi connectivity index (χ1n) is 18.4. The van der Waals surface area contributed by atoms with Gasteiger partial charge in [0, 0.05) is 20.0 Å². The lowest BCUT2D eigenvalue weighted by molar-refractivity contribution is 0.0590. The van der Waals surface area contributed by atoms with Crippen LogP contribution in [0.25, 0.3) is 0 Å². The van der Waals surface area contributed by atoms with Gasteiger partial charge in [-0.3, -0.25) is 0 Å². The lowest BCUT2D eigenvalue weighted by Crippen LogP contribution is -2.55. The summed E-state index contributed by atoms with van der Waals surface area (Å²) in [4.78, 5) is 20.0. The molecule has 6 aliphatic rings. The van der Waals surface area contributed by atoms with Gasteiger partial charge in [-0.05, 0) is 0 Å². The lowest BCUT2D eigenvalue weighted by Gasteiger charge is -2.26. The number of nitrogens with one attached hydrogen (secondary N) is 12. The fraction of sp³-hybridized carbons (Fsp3) is 1.00. The second-order valence-corrected chi connectivity index (χ2v) is 67.1. The molecule has 0 unspecified atom stereocenters. The fourth-order valence-electron chi connectivity index (χ4n) is 4.25. The van der Waals surface area contributed by atoms with Gasteiger partial charge in [-0.1, -0.05) is 0 Å². The van der Waals surface area contributed by atoms with Gasteiger partial charge in [0.15, 0.2) is 88.6 Å². The second kappa shape index (κ2) is 43.7. The molecule has 0 aromatic rings. The van der Waals surface area contributed by atoms with Crippen molar-refractivity contribution in [1.29, 1.82) is 0 Å². The van der Waals surface area contributed by atoms with Gasteiger partial charge in [-0.2, -0.15) is 0 Å². The Kier molecular flexibility index (Phi) is 45.3. The van der Waals surface area contributed by atoms with Crippen LogP contribution in [0.2, 0.25) is 0 Å². The number of rotatable bonds is 0. The second-order valence-electron chi connectivity index (χ2n) is 13.0. The topological polar surface area (TPSA) is 219 Å². The van der Waals surface area contributed by atoms with Gasteiger partial charge in [0.2, 0.25) is 79.4 Å². The number of hydrogen-bond donors (Lipinski definition) is 12. The van der Waals surface area contributed by atoms with E-state index >= 15 is 0 Å². The van der Waals surface area contributed by atoms with E-state index in [0.717, 1.165) is 64.7 Å². The number of ether oxygens (including phenoxy) is 1. The first-order valence-corrected chi connectivity index (χ1v) is 46.2. The summed E-state index contributed by atoms with van der Waals surface area (Å²) in [5.41, 5.74) is 0. The summed E-state index contributed by atoms with van der Waals surface area (Å²) in [6.07, 6.45) is 0. The van der Waals surface area contributed by atoms with Crippen molar-refractivity contribution in [3.8, 4) is 0 Å². The Bertz CT molecular complexity index is 641. The lowest BCUT2D eigenvalue weighted by atomic mass is 11.2. The van der Waals surface area contributed by atoms with Gasteiger partial charge in [-0.25, -0.2) is 0 Å². The van der Waals surface area contributed by atoms with Gasteiger partial charge in [-0.15, -0.1) is 0 Å². The first kappa shape index (κ1) is 56.0. The average molecular weight is 1160 g/mol. The van der Waals surface area contributed by atoms with Crippen LogP contribution >= 0.6 is 0 Å². The molecule has 0 bridgehead atoms. The van der Waals surface area contributed by atoms with E-state index in [0.29, 0.717) is 6.73 Å². The maximum Gasteiger partial charge on any atom is 0.232 e. The minimum atomic E-state index is -0.402. The van der Waals surface area contributed by atoms with Crippen molar-refractivity contribution in [3.63, 3.8) is 0 Å². The average Bonchev–Trinajstić information content (AvgIpc) is 3.07. The Morgan fingerprint density at radius 2 is 1.02 bits per heavy atom. The standard InChI is InChI=1S/C2H14N2O2Si4.CH16N4Si5.CH14N4Si4.CH12N4Si3.CH12N2O2Si4.CH10N2O2Si3/c7-3-1-5-2-4(8)10-6-9-3;6-4-1-2-8-5(7)10-3-9-4;6-5-1-2-7-3-8-4-9-5;1-2-6-4-8-5-7-3-1;6-3-8-4-1-2-7-5-9-3;1-2-6-5-8-3-7-4-1/h1-2,9-10H2,7-8H3;2-3H,1,8-10H2,6-7H3;2-4H,1,7-9H2,6H3;2-5H,1,6-8H2;2H,1,7-9H2,6H3;2-3H,1,6-8H2. The van der Waals surface area contributed by atoms with Gasteiger partial charge in [0.05, 0.1) is 89.3 Å². The third-order valence-corrected chi connectivity index (χ3v) is 41.6. The quantitative estimate of drug-likeness (QED) is 0.101. The summed E-state index contributed by atoms with van der Waals surface area (Å²) in [7, 11) is 3.89. The highest BCUT2D eigenvalue weighted by atomic mass is 28.4. The molecule has 6 saturated heterocycles. The Balaban J connectivity index is 0.000000325. The molecule has 0 spiro atoms. The molecule has 0 aliphatic carbocycles. The zero-order chi connectivity index (χ0) is 39.2. The Morgan fingerprint density at radius 1 is 0.407 bits per heavy atom. The first-order chi connectivity index (χ1) is 26.4. The molecule has 12 N–H and O–H groups in total. The fourth-order valence-corrected chi connectivity index (χ4v) is 50.5. The van der Waals surface area contributed by atoms with Gasteiger partial charge < -0.3 is 108 Å². The van der Waals surface area contributed by atoms with E-state index in [1.54, 1.807) is 0 Å². The van der Waals surface area contributed by atoms with Gasteiger partial charge >= 0.3 is 0 Å². The minimum absolute atomic E-state index is 0.00881. The predicted molar refractivity (Wildman–Crippen MR) is 294 cm³/mol. The van der Waals surface area contributed by atoms with E-state index in [2.05, 4.69) is 82.5 Å². The van der Waals surface area contributed by atoms with Gasteiger partial charge in [0.25, 0.3) is 0 Å². The Morgan fingerprint density at radius 3 is 1.74 bits per heavy atom. The normalized spacial score (nSPS) is 32.9. The molecule has 0 aromatic carbocycles. The monoisotopic (exact) mass is 1150 g/mol. The summed E-state index contributed by atoms with van der Waals surface area (Å²) in [5.74, 6) is 0. The molecule has 54 heavy (non-hydrogen) atoms. The van der Waals surface area contributed by atoms with E-state index < -0.39 is 29.8 Å². The Hall–Kier alpha value is 4.03. The molecule has 0 radical (unpaired) electrons. The van der Waals surface area contributed by atoms with E-state index in [9.17, 15) is 0 Å². The molecule has 6 aliphatic heterocycles. The van der Waals surface area contributed by atoms with Crippen molar-refractivity contribution in [2.75, 3.05) is 46.9 Å². The summed E-state index contributed by atoms with van der Waals surface area (Å²) in [6.45, 7) is 6.43. The van der Waals surface area contributed by atoms with E-state index in [-0.39, 0.29) is 138 Å². The molecule has 24 nitrogen and oxygen atoms in total. The van der Waals surface area contributed by atoms with Crippen LogP contribution in [-0.4, -0.2) is 302 Å². The van der Waals surface area contributed by atoms with Crippen LogP contribution in [0.5, 0.6) is 0 Å². The van der Waals surface area contributed by atoms with Crippen molar-refractivity contribution in [2.45, 2.75) is 0 Å². The van der Waals surface area contributed by atoms with Crippen molar-refractivity contribution >= 4 is 230 Å². The molecular formula is C7H78N18O6Si23. The van der Waals surface area contributed by atoms with E-state index in [1.807, 2.05) is 0 Å². The van der Waals surface area contributed by atoms with Crippen LogP contribution in [0.1, 0.15) is 0 Å². The molecule has 6 fully saturated rings. The van der Waals surface area contributed by atoms with E-state index in [1.165, 1.54) is 37.9 Å². The van der Waals surface area contributed by atoms with Crippen LogP contribution in [0.4, 0.5) is 0 Å². The smallest absolute Gasteiger partial charge is 0.232 e.